The Balaban J connectivity index is 2.24. The van der Waals surface area contributed by atoms with Crippen LogP contribution in [0.4, 0.5) is 0 Å². The molecule has 2 aromatic rings. The zero-order valence-corrected chi connectivity index (χ0v) is 15.1. The first kappa shape index (κ1) is 18.9. The van der Waals surface area contributed by atoms with Gasteiger partial charge < -0.3 is 10.8 Å². The second-order valence-electron chi connectivity index (χ2n) is 5.54. The summed E-state index contributed by atoms with van der Waals surface area (Å²) in [5.74, 6) is -0.555. The molecule has 3 atom stereocenters. The van der Waals surface area contributed by atoms with E-state index in [1.165, 1.54) is 0 Å². The topological polar surface area (TPSA) is 178 Å². The van der Waals surface area contributed by atoms with E-state index >= 15 is 0 Å². The summed E-state index contributed by atoms with van der Waals surface area (Å²) < 4.78 is 32.2. The molecule has 0 aromatic carbocycles. The van der Waals surface area contributed by atoms with Crippen molar-refractivity contribution in [2.45, 2.75) is 22.8 Å². The van der Waals surface area contributed by atoms with Crippen molar-refractivity contribution >= 4 is 33.3 Å². The Labute approximate surface area is 157 Å². The van der Waals surface area contributed by atoms with E-state index in [-0.39, 0.29) is 22.2 Å². The first-order valence-electron chi connectivity index (χ1n) is 6.92. The van der Waals surface area contributed by atoms with Crippen LogP contribution in [-0.2, 0) is 20.4 Å². The molecule has 14 heteroatoms. The van der Waals surface area contributed by atoms with E-state index in [2.05, 4.69) is 29.9 Å². The first-order valence-corrected chi connectivity index (χ1v) is 9.11. The molecule has 0 spiro atoms. The number of halogens is 2. The van der Waals surface area contributed by atoms with Gasteiger partial charge in [-0.15, -0.1) is 0 Å². The van der Waals surface area contributed by atoms with Gasteiger partial charge in [0, 0.05) is 6.42 Å². The summed E-state index contributed by atoms with van der Waals surface area (Å²) in [6.45, 7) is 0. The highest BCUT2D eigenvalue weighted by Gasteiger charge is 2.56. The van der Waals surface area contributed by atoms with Crippen molar-refractivity contribution in [1.82, 2.24) is 29.9 Å². The van der Waals surface area contributed by atoms with Gasteiger partial charge in [0.2, 0.25) is 10.6 Å². The summed E-state index contributed by atoms with van der Waals surface area (Å²) in [7, 11) is -4.86. The number of nitrogens with two attached hydrogens (primary N) is 1. The van der Waals surface area contributed by atoms with Crippen molar-refractivity contribution in [3.8, 4) is 0 Å². The molecular formula is C12H11Cl2N7O4S. The normalized spacial score (nSPS) is 28.9. The Morgan fingerprint density at radius 2 is 1.62 bits per heavy atom. The van der Waals surface area contributed by atoms with E-state index in [9.17, 15) is 18.1 Å². The van der Waals surface area contributed by atoms with Gasteiger partial charge in [-0.1, -0.05) is 12.2 Å². The Morgan fingerprint density at radius 3 is 2.15 bits per heavy atom. The summed E-state index contributed by atoms with van der Waals surface area (Å²) in [4.78, 5) is 22.5. The maximum atomic E-state index is 12.3. The third-order valence-electron chi connectivity index (χ3n) is 3.97. The van der Waals surface area contributed by atoms with E-state index in [0.29, 0.717) is 0 Å². The Kier molecular flexibility index (Phi) is 4.67. The summed E-state index contributed by atoms with van der Waals surface area (Å²) in [5.41, 5.74) is 4.40. The number of hydrogen-bond acceptors (Lipinski definition) is 10. The molecule has 3 unspecified atom stereocenters. The van der Waals surface area contributed by atoms with E-state index in [1.807, 2.05) is 0 Å². The molecule has 26 heavy (non-hydrogen) atoms. The summed E-state index contributed by atoms with van der Waals surface area (Å²) >= 11 is 11.5. The smallest absolute Gasteiger partial charge is 0.281 e. The van der Waals surface area contributed by atoms with Crippen molar-refractivity contribution in [2.24, 2.45) is 5.73 Å². The van der Waals surface area contributed by atoms with E-state index < -0.39 is 32.9 Å². The fourth-order valence-electron chi connectivity index (χ4n) is 2.65. The molecular weight excluding hydrogens is 409 g/mol. The van der Waals surface area contributed by atoms with E-state index in [1.54, 1.807) is 0 Å². The zero-order chi connectivity index (χ0) is 19.2. The molecule has 3 rings (SSSR count). The third-order valence-corrected chi connectivity index (χ3v) is 5.72. The standard InChI is InChI=1S/C12H11Cl2N7O4S/c13-9-18-4-16-7(20-9)11(26(23,24)25)2-1-6(22)12(15,3-11)8-17-5-19-10(14)21-8/h1-2,4-6,22H,3,15H2,(H,23,24,25). The average molecular weight is 420 g/mol. The van der Waals surface area contributed by atoms with Crippen LogP contribution >= 0.6 is 23.2 Å². The van der Waals surface area contributed by atoms with Gasteiger partial charge >= 0.3 is 0 Å². The van der Waals surface area contributed by atoms with Crippen LogP contribution in [0.5, 0.6) is 0 Å². The quantitative estimate of drug-likeness (QED) is 0.435. The fourth-order valence-corrected chi connectivity index (χ4v) is 3.90. The molecule has 0 amide bonds. The molecule has 11 nitrogen and oxygen atoms in total. The average Bonchev–Trinajstić information content (AvgIpc) is 2.56. The van der Waals surface area contributed by atoms with Gasteiger partial charge in [0.25, 0.3) is 10.1 Å². The maximum absolute atomic E-state index is 12.3. The lowest BCUT2D eigenvalue weighted by Crippen LogP contribution is -2.57. The number of nitrogens with zero attached hydrogens (tertiary/aromatic N) is 6. The molecule has 0 bridgehead atoms. The van der Waals surface area contributed by atoms with Crippen LogP contribution in [-0.4, -0.2) is 54.1 Å². The number of rotatable bonds is 3. The van der Waals surface area contributed by atoms with Crippen molar-refractivity contribution in [3.63, 3.8) is 0 Å². The minimum Gasteiger partial charge on any atom is -0.387 e. The van der Waals surface area contributed by atoms with Crippen LogP contribution in [0.15, 0.2) is 24.8 Å². The molecule has 0 saturated heterocycles. The monoisotopic (exact) mass is 419 g/mol. The number of aliphatic hydroxyl groups is 1. The maximum Gasteiger partial charge on any atom is 0.281 e. The number of hydrogen-bond donors (Lipinski definition) is 3. The molecule has 0 aliphatic heterocycles. The van der Waals surface area contributed by atoms with Crippen LogP contribution in [0.25, 0.3) is 0 Å². The van der Waals surface area contributed by atoms with Crippen molar-refractivity contribution in [3.05, 3.63) is 47.0 Å². The van der Waals surface area contributed by atoms with Gasteiger partial charge in [-0.05, 0) is 23.2 Å². The summed E-state index contributed by atoms with van der Waals surface area (Å²) in [6.07, 6.45) is 2.15. The number of aromatic nitrogens is 6. The highest BCUT2D eigenvalue weighted by Crippen LogP contribution is 2.44. The van der Waals surface area contributed by atoms with Crippen molar-refractivity contribution in [1.29, 1.82) is 0 Å². The Hall–Kier alpha value is -1.83. The predicted molar refractivity (Wildman–Crippen MR) is 88.5 cm³/mol. The molecule has 138 valence electrons. The molecule has 2 heterocycles. The number of aliphatic hydroxyl groups excluding tert-OH is 1. The van der Waals surface area contributed by atoms with E-state index in [4.69, 9.17) is 28.9 Å². The van der Waals surface area contributed by atoms with Crippen LogP contribution in [0, 0.1) is 0 Å². The van der Waals surface area contributed by atoms with Crippen molar-refractivity contribution < 1.29 is 18.1 Å². The fraction of sp³-hybridized carbons (Fsp3) is 0.333. The van der Waals surface area contributed by atoms with Crippen LogP contribution in [0.2, 0.25) is 10.6 Å². The summed E-state index contributed by atoms with van der Waals surface area (Å²) in [5, 5.41) is 9.87. The van der Waals surface area contributed by atoms with Gasteiger partial charge in [-0.25, -0.2) is 29.9 Å². The Morgan fingerprint density at radius 1 is 1.08 bits per heavy atom. The molecule has 2 aromatic heterocycles. The molecule has 1 aliphatic rings. The molecule has 0 radical (unpaired) electrons. The lowest BCUT2D eigenvalue weighted by atomic mass is 9.77. The molecule has 0 saturated carbocycles. The second-order valence-corrected chi connectivity index (χ2v) is 7.90. The lowest BCUT2D eigenvalue weighted by molar-refractivity contribution is 0.0942. The predicted octanol–water partition coefficient (Wildman–Crippen LogP) is -0.379. The van der Waals surface area contributed by atoms with Gasteiger partial charge in [-0.2, -0.15) is 8.42 Å². The van der Waals surface area contributed by atoms with Crippen LogP contribution < -0.4 is 5.73 Å². The van der Waals surface area contributed by atoms with E-state index in [0.717, 1.165) is 24.8 Å². The van der Waals surface area contributed by atoms with Gasteiger partial charge in [0.15, 0.2) is 16.4 Å². The van der Waals surface area contributed by atoms with Crippen molar-refractivity contribution in [2.75, 3.05) is 0 Å². The largest absolute Gasteiger partial charge is 0.387 e. The minimum atomic E-state index is -4.86. The van der Waals surface area contributed by atoms with Crippen LogP contribution in [0.1, 0.15) is 18.1 Å². The second kappa shape index (κ2) is 6.40. The van der Waals surface area contributed by atoms with Gasteiger partial charge in [0.1, 0.15) is 18.2 Å². The summed E-state index contributed by atoms with van der Waals surface area (Å²) in [6, 6.07) is 0. The highest BCUT2D eigenvalue weighted by molar-refractivity contribution is 7.87. The van der Waals surface area contributed by atoms with Gasteiger partial charge in [-0.3, -0.25) is 4.55 Å². The Bertz CT molecular complexity index is 991. The molecule has 4 N–H and O–H groups in total. The lowest BCUT2D eigenvalue weighted by Gasteiger charge is -2.41. The molecule has 0 fully saturated rings. The first-order chi connectivity index (χ1) is 12.1. The zero-order valence-electron chi connectivity index (χ0n) is 12.7. The SMILES string of the molecule is NC1(c2ncnc(Cl)n2)CC(c2ncnc(Cl)n2)(S(=O)(=O)O)C=CC1O. The minimum absolute atomic E-state index is 0.178. The third kappa shape index (κ3) is 3.04. The van der Waals surface area contributed by atoms with Gasteiger partial charge in [0.05, 0.1) is 6.10 Å². The van der Waals surface area contributed by atoms with Crippen LogP contribution in [0.3, 0.4) is 0 Å². The molecule has 1 aliphatic carbocycles. The highest BCUT2D eigenvalue weighted by atomic mass is 35.5.